The molecule has 146 valence electrons. The maximum atomic E-state index is 12.9. The number of hydrogen-bond donors (Lipinski definition) is 2. The Kier molecular flexibility index (Phi) is 5.77. The molecule has 2 N–H and O–H groups in total. The molecule has 1 aliphatic heterocycles. The van der Waals surface area contributed by atoms with Crippen LogP contribution in [0.2, 0.25) is 0 Å². The number of nitrogens with one attached hydrogen (secondary N) is 2. The lowest BCUT2D eigenvalue weighted by atomic mass is 9.89. The van der Waals surface area contributed by atoms with Crippen molar-refractivity contribution in [1.29, 1.82) is 0 Å². The summed E-state index contributed by atoms with van der Waals surface area (Å²) in [5.74, 6) is 1.18. The zero-order valence-electron chi connectivity index (χ0n) is 15.8. The van der Waals surface area contributed by atoms with E-state index in [0.29, 0.717) is 13.1 Å². The van der Waals surface area contributed by atoms with E-state index in [0.717, 1.165) is 30.7 Å². The second-order valence-electron chi connectivity index (χ2n) is 7.52. The monoisotopic (exact) mass is 390 g/mol. The summed E-state index contributed by atoms with van der Waals surface area (Å²) >= 11 is 0. The number of benzene rings is 1. The molecule has 2 aliphatic rings. The summed E-state index contributed by atoms with van der Waals surface area (Å²) in [5, 5.41) is 10.8. The molecule has 1 aliphatic carbocycles. The van der Waals surface area contributed by atoms with Crippen molar-refractivity contribution in [3.63, 3.8) is 0 Å². The van der Waals surface area contributed by atoms with Gasteiger partial charge in [-0.15, -0.1) is 12.4 Å². The van der Waals surface area contributed by atoms with Crippen LogP contribution < -0.4 is 15.4 Å². The standard InChI is InChI=1S/C20H26N4O2.ClH/c1-24-12-14(9-23-24)15-10-21-11-16(15)19(25)22-13-20(7-8-20)17-5-3-4-6-18(17)26-2;/h3-6,9,12,15-16,21H,7-8,10-11,13H2,1-2H3,(H,22,25);1H/t15-,16+;/m1./s1. The van der Waals surface area contributed by atoms with Gasteiger partial charge in [-0.3, -0.25) is 9.48 Å². The third-order valence-corrected chi connectivity index (χ3v) is 5.84. The minimum atomic E-state index is -0.0485. The van der Waals surface area contributed by atoms with Crippen molar-refractivity contribution in [2.45, 2.75) is 24.2 Å². The SMILES string of the molecule is COc1ccccc1C1(CNC(=O)[C@H]2CNC[C@@H]2c2cnn(C)c2)CC1.Cl. The molecule has 0 unspecified atom stereocenters. The molecule has 2 fully saturated rings. The average Bonchev–Trinajstić information content (AvgIpc) is 3.07. The zero-order chi connectivity index (χ0) is 18.1. The first kappa shape index (κ1) is 19.7. The lowest BCUT2D eigenvalue weighted by Gasteiger charge is -2.22. The Hall–Kier alpha value is -2.05. The van der Waals surface area contributed by atoms with Crippen LogP contribution in [0, 0.1) is 5.92 Å². The Labute approximate surface area is 166 Å². The molecule has 0 radical (unpaired) electrons. The number of methoxy groups -OCH3 is 1. The summed E-state index contributed by atoms with van der Waals surface area (Å²) in [5.41, 5.74) is 2.36. The predicted octanol–water partition coefficient (Wildman–Crippen LogP) is 2.00. The Morgan fingerprint density at radius 3 is 2.81 bits per heavy atom. The van der Waals surface area contributed by atoms with Gasteiger partial charge >= 0.3 is 0 Å². The van der Waals surface area contributed by atoms with Crippen molar-refractivity contribution in [3.8, 4) is 5.75 Å². The predicted molar refractivity (Wildman–Crippen MR) is 106 cm³/mol. The van der Waals surface area contributed by atoms with Crippen LogP contribution in [-0.2, 0) is 17.3 Å². The molecule has 6 nitrogen and oxygen atoms in total. The van der Waals surface area contributed by atoms with Gasteiger partial charge in [0.05, 0.1) is 19.2 Å². The molecule has 1 saturated carbocycles. The highest BCUT2D eigenvalue weighted by molar-refractivity contribution is 5.85. The van der Waals surface area contributed by atoms with Gasteiger partial charge < -0.3 is 15.4 Å². The number of carbonyl (C=O) groups is 1. The minimum Gasteiger partial charge on any atom is -0.496 e. The first-order valence-corrected chi connectivity index (χ1v) is 9.23. The second-order valence-corrected chi connectivity index (χ2v) is 7.52. The molecule has 2 heterocycles. The number of amides is 1. The largest absolute Gasteiger partial charge is 0.496 e. The van der Waals surface area contributed by atoms with E-state index < -0.39 is 0 Å². The Morgan fingerprint density at radius 2 is 2.15 bits per heavy atom. The Bertz CT molecular complexity index is 803. The topological polar surface area (TPSA) is 68.2 Å². The van der Waals surface area contributed by atoms with Gasteiger partial charge in [-0.05, 0) is 24.5 Å². The van der Waals surface area contributed by atoms with Gasteiger partial charge in [-0.1, -0.05) is 18.2 Å². The fourth-order valence-corrected chi connectivity index (χ4v) is 4.10. The smallest absolute Gasteiger partial charge is 0.225 e. The van der Waals surface area contributed by atoms with E-state index in [-0.39, 0.29) is 35.6 Å². The van der Waals surface area contributed by atoms with E-state index in [4.69, 9.17) is 4.74 Å². The van der Waals surface area contributed by atoms with Gasteiger partial charge in [0, 0.05) is 49.8 Å². The summed E-state index contributed by atoms with van der Waals surface area (Å²) in [6.07, 6.45) is 6.05. The number of rotatable bonds is 6. The van der Waals surface area contributed by atoms with Gasteiger partial charge in [0.15, 0.2) is 0 Å². The normalized spacial score (nSPS) is 22.7. The number of aryl methyl sites for hydroxylation is 1. The van der Waals surface area contributed by atoms with Crippen molar-refractivity contribution in [1.82, 2.24) is 20.4 Å². The number of aromatic nitrogens is 2. The number of ether oxygens (including phenoxy) is 1. The highest BCUT2D eigenvalue weighted by atomic mass is 35.5. The van der Waals surface area contributed by atoms with Crippen LogP contribution in [0.25, 0.3) is 0 Å². The molecule has 1 saturated heterocycles. The third-order valence-electron chi connectivity index (χ3n) is 5.84. The summed E-state index contributed by atoms with van der Waals surface area (Å²) in [7, 11) is 3.61. The molecular formula is C20H27ClN4O2. The first-order valence-electron chi connectivity index (χ1n) is 9.23. The highest BCUT2D eigenvalue weighted by Crippen LogP contribution is 2.50. The molecule has 0 bridgehead atoms. The maximum absolute atomic E-state index is 12.9. The van der Waals surface area contributed by atoms with E-state index in [9.17, 15) is 4.79 Å². The van der Waals surface area contributed by atoms with Crippen LogP contribution in [0.5, 0.6) is 5.75 Å². The van der Waals surface area contributed by atoms with Crippen LogP contribution in [-0.4, -0.2) is 42.4 Å². The summed E-state index contributed by atoms with van der Waals surface area (Å²) < 4.78 is 7.32. The average molecular weight is 391 g/mol. The molecule has 4 rings (SSSR count). The van der Waals surface area contributed by atoms with Crippen molar-refractivity contribution in [2.75, 3.05) is 26.7 Å². The zero-order valence-corrected chi connectivity index (χ0v) is 16.6. The van der Waals surface area contributed by atoms with E-state index in [2.05, 4.69) is 21.8 Å². The molecule has 0 spiro atoms. The maximum Gasteiger partial charge on any atom is 0.225 e. The fourth-order valence-electron chi connectivity index (χ4n) is 4.10. The van der Waals surface area contributed by atoms with Crippen LogP contribution >= 0.6 is 12.4 Å². The van der Waals surface area contributed by atoms with Crippen LogP contribution in [0.3, 0.4) is 0 Å². The number of para-hydroxylation sites is 1. The van der Waals surface area contributed by atoms with Crippen molar-refractivity contribution >= 4 is 18.3 Å². The lowest BCUT2D eigenvalue weighted by Crippen LogP contribution is -2.38. The van der Waals surface area contributed by atoms with Gasteiger partial charge in [0.25, 0.3) is 0 Å². The van der Waals surface area contributed by atoms with Gasteiger partial charge in [-0.25, -0.2) is 0 Å². The van der Waals surface area contributed by atoms with E-state index in [1.54, 1.807) is 11.8 Å². The number of nitrogens with zero attached hydrogens (tertiary/aromatic N) is 2. The minimum absolute atomic E-state index is 0. The second kappa shape index (κ2) is 7.90. The van der Waals surface area contributed by atoms with Crippen molar-refractivity contribution < 1.29 is 9.53 Å². The van der Waals surface area contributed by atoms with Crippen molar-refractivity contribution in [2.24, 2.45) is 13.0 Å². The molecule has 7 heteroatoms. The Balaban J connectivity index is 0.00000210. The molecule has 1 aromatic heterocycles. The molecule has 1 amide bonds. The molecule has 1 aromatic carbocycles. The van der Waals surface area contributed by atoms with Crippen molar-refractivity contribution in [3.05, 3.63) is 47.8 Å². The third kappa shape index (κ3) is 3.82. The lowest BCUT2D eigenvalue weighted by molar-refractivity contribution is -0.124. The highest BCUT2D eigenvalue weighted by Gasteiger charge is 2.46. The quantitative estimate of drug-likeness (QED) is 0.791. The molecule has 2 atom stereocenters. The number of halogens is 1. The van der Waals surface area contributed by atoms with Gasteiger partial charge in [-0.2, -0.15) is 5.10 Å². The summed E-state index contributed by atoms with van der Waals surface area (Å²) in [6, 6.07) is 8.14. The van der Waals surface area contributed by atoms with E-state index >= 15 is 0 Å². The van der Waals surface area contributed by atoms with E-state index in [1.807, 2.05) is 37.6 Å². The molecule has 27 heavy (non-hydrogen) atoms. The Morgan fingerprint density at radius 1 is 1.37 bits per heavy atom. The molecule has 2 aromatic rings. The van der Waals surface area contributed by atoms with Gasteiger partial charge in [0.1, 0.15) is 5.75 Å². The summed E-state index contributed by atoms with van der Waals surface area (Å²) in [4.78, 5) is 12.9. The molecular weight excluding hydrogens is 364 g/mol. The number of carbonyl (C=O) groups excluding carboxylic acids is 1. The van der Waals surface area contributed by atoms with Crippen LogP contribution in [0.4, 0.5) is 0 Å². The summed E-state index contributed by atoms with van der Waals surface area (Å²) in [6.45, 7) is 2.21. The van der Waals surface area contributed by atoms with E-state index in [1.165, 1.54) is 5.56 Å². The number of hydrogen-bond acceptors (Lipinski definition) is 4. The van der Waals surface area contributed by atoms with Crippen LogP contribution in [0.15, 0.2) is 36.7 Å². The fraction of sp³-hybridized carbons (Fsp3) is 0.500. The first-order chi connectivity index (χ1) is 12.6. The van der Waals surface area contributed by atoms with Crippen LogP contribution in [0.1, 0.15) is 29.9 Å². The van der Waals surface area contributed by atoms with Gasteiger partial charge in [0.2, 0.25) is 5.91 Å².